The molecule has 0 bridgehead atoms. The van der Waals surface area contributed by atoms with Crippen molar-refractivity contribution in [2.45, 2.75) is 64.6 Å². The fourth-order valence-electron chi connectivity index (χ4n) is 4.60. The molecule has 0 spiro atoms. The van der Waals surface area contributed by atoms with Crippen molar-refractivity contribution in [2.24, 2.45) is 11.8 Å². The minimum absolute atomic E-state index is 0.158. The van der Waals surface area contributed by atoms with Crippen molar-refractivity contribution in [3.63, 3.8) is 0 Å². The summed E-state index contributed by atoms with van der Waals surface area (Å²) in [5.74, 6) is -0.777. The van der Waals surface area contributed by atoms with Crippen LogP contribution in [0.3, 0.4) is 0 Å². The maximum Gasteiger partial charge on any atom is 0.243 e. The third-order valence-electron chi connectivity index (χ3n) is 7.66. The summed E-state index contributed by atoms with van der Waals surface area (Å²) in [5.41, 5.74) is 1.95. The Morgan fingerprint density at radius 1 is 0.946 bits per heavy atom. The smallest absolute Gasteiger partial charge is 0.243 e. The topological polar surface area (TPSA) is 104 Å². The highest BCUT2D eigenvalue weighted by molar-refractivity contribution is 5.98. The van der Waals surface area contributed by atoms with Gasteiger partial charge in [0.2, 0.25) is 11.8 Å². The van der Waals surface area contributed by atoms with E-state index in [9.17, 15) is 14.4 Å². The van der Waals surface area contributed by atoms with E-state index in [2.05, 4.69) is 15.6 Å². The van der Waals surface area contributed by atoms with Gasteiger partial charge in [0.25, 0.3) is 0 Å². The quantitative estimate of drug-likeness (QED) is 0.326. The van der Waals surface area contributed by atoms with Crippen LogP contribution in [0.4, 0.5) is 0 Å². The van der Waals surface area contributed by atoms with E-state index in [4.69, 9.17) is 4.74 Å². The maximum atomic E-state index is 13.7. The largest absolute Gasteiger partial charge is 0.361 e. The molecule has 0 saturated carbocycles. The van der Waals surface area contributed by atoms with Crippen molar-refractivity contribution in [1.82, 2.24) is 15.6 Å². The van der Waals surface area contributed by atoms with Crippen LogP contribution in [-0.4, -0.2) is 46.9 Å². The average Bonchev–Trinajstić information content (AvgIpc) is 3.54. The molecule has 1 aliphatic rings. The Morgan fingerprint density at radius 2 is 1.59 bits per heavy atom. The molecular formula is C30H37N3O4. The Bertz CT molecular complexity index is 1250. The molecule has 2 amide bonds. The van der Waals surface area contributed by atoms with Crippen LogP contribution in [0.1, 0.15) is 45.2 Å². The summed E-state index contributed by atoms with van der Waals surface area (Å²) in [7, 11) is 0. The molecule has 2 aromatic carbocycles. The summed E-state index contributed by atoms with van der Waals surface area (Å²) in [6.07, 6.45) is 3.39. The number of ketones is 1. The van der Waals surface area contributed by atoms with Crippen molar-refractivity contribution in [2.75, 3.05) is 6.61 Å². The fourth-order valence-corrected chi connectivity index (χ4v) is 4.60. The number of Topliss-reactive ketones (excluding diaryl/α,β-unsaturated/α-hetero) is 1. The minimum Gasteiger partial charge on any atom is -0.361 e. The molecule has 5 atom stereocenters. The number of carbonyl (C=O) groups excluding carboxylic acids is 3. The number of rotatable bonds is 12. The third-order valence-corrected chi connectivity index (χ3v) is 7.66. The monoisotopic (exact) mass is 503 g/mol. The number of fused-ring (bicyclic) bond motifs is 1. The van der Waals surface area contributed by atoms with E-state index in [1.807, 2.05) is 81.6 Å². The lowest BCUT2D eigenvalue weighted by molar-refractivity contribution is -0.134. The number of aromatic amines is 1. The zero-order valence-electron chi connectivity index (χ0n) is 22.0. The van der Waals surface area contributed by atoms with Gasteiger partial charge in [0.1, 0.15) is 11.6 Å². The molecule has 1 fully saturated rings. The van der Waals surface area contributed by atoms with E-state index in [0.717, 1.165) is 28.5 Å². The molecule has 4 rings (SSSR count). The summed E-state index contributed by atoms with van der Waals surface area (Å²) in [4.78, 5) is 43.4. The second kappa shape index (κ2) is 11.3. The number of H-pyrrole nitrogens is 1. The first kappa shape index (κ1) is 26.6. The Hall–Kier alpha value is -3.45. The Balaban J connectivity index is 1.58. The van der Waals surface area contributed by atoms with Crippen LogP contribution in [0.15, 0.2) is 60.8 Å². The van der Waals surface area contributed by atoms with Crippen molar-refractivity contribution in [3.05, 3.63) is 71.9 Å². The van der Waals surface area contributed by atoms with Gasteiger partial charge in [-0.05, 0) is 36.5 Å². The molecule has 2 heterocycles. The van der Waals surface area contributed by atoms with E-state index in [1.54, 1.807) is 6.92 Å². The van der Waals surface area contributed by atoms with Gasteiger partial charge in [-0.15, -0.1) is 0 Å². The van der Waals surface area contributed by atoms with Crippen LogP contribution < -0.4 is 10.6 Å². The number of amides is 2. The number of aromatic nitrogens is 1. The van der Waals surface area contributed by atoms with Crippen molar-refractivity contribution < 1.29 is 19.1 Å². The van der Waals surface area contributed by atoms with Crippen molar-refractivity contribution in [1.29, 1.82) is 0 Å². The van der Waals surface area contributed by atoms with Crippen LogP contribution in [0.5, 0.6) is 0 Å². The minimum atomic E-state index is -0.882. The van der Waals surface area contributed by atoms with Gasteiger partial charge in [-0.2, -0.15) is 0 Å². The molecule has 3 N–H and O–H groups in total. The van der Waals surface area contributed by atoms with Gasteiger partial charge < -0.3 is 20.4 Å². The van der Waals surface area contributed by atoms with E-state index in [-0.39, 0.29) is 29.4 Å². The number of epoxide rings is 1. The summed E-state index contributed by atoms with van der Waals surface area (Å²) >= 11 is 0. The predicted octanol–water partition coefficient (Wildman–Crippen LogP) is 3.96. The second-order valence-corrected chi connectivity index (χ2v) is 10.4. The van der Waals surface area contributed by atoms with Crippen LogP contribution >= 0.6 is 0 Å². The van der Waals surface area contributed by atoms with Gasteiger partial charge in [-0.3, -0.25) is 14.4 Å². The van der Waals surface area contributed by atoms with Crippen molar-refractivity contribution >= 4 is 28.5 Å². The lowest BCUT2D eigenvalue weighted by Gasteiger charge is -2.26. The summed E-state index contributed by atoms with van der Waals surface area (Å²) < 4.78 is 5.41. The summed E-state index contributed by atoms with van der Waals surface area (Å²) in [5, 5.41) is 6.96. The first-order valence-corrected chi connectivity index (χ1v) is 13.1. The predicted molar refractivity (Wildman–Crippen MR) is 144 cm³/mol. The summed E-state index contributed by atoms with van der Waals surface area (Å²) in [6, 6.07) is 15.8. The van der Waals surface area contributed by atoms with Gasteiger partial charge in [-0.1, -0.05) is 75.7 Å². The second-order valence-electron chi connectivity index (χ2n) is 10.4. The molecule has 0 aliphatic carbocycles. The van der Waals surface area contributed by atoms with Gasteiger partial charge in [0, 0.05) is 29.4 Å². The fraction of sp³-hybridized carbons (Fsp3) is 0.433. The number of carbonyl (C=O) groups is 3. The molecule has 3 aromatic rings. The van der Waals surface area contributed by atoms with Crippen LogP contribution in [0.25, 0.3) is 10.9 Å². The average molecular weight is 504 g/mol. The van der Waals surface area contributed by atoms with Crippen molar-refractivity contribution in [3.8, 4) is 0 Å². The van der Waals surface area contributed by atoms with Crippen LogP contribution in [0, 0.1) is 11.8 Å². The van der Waals surface area contributed by atoms with E-state index < -0.39 is 17.7 Å². The number of hydrogen-bond acceptors (Lipinski definition) is 4. The SMILES string of the molecule is CCC(C)[C@@H](C)C(=O)N[C@@H](Cc1c[nH]c2ccccc12)C(=O)NC(Cc1ccccc1)C(=O)C1(C)CO1. The molecule has 1 aliphatic heterocycles. The number of ether oxygens (including phenoxy) is 1. The molecule has 1 saturated heterocycles. The highest BCUT2D eigenvalue weighted by Crippen LogP contribution is 2.29. The Labute approximate surface area is 218 Å². The normalized spacial score (nSPS) is 20.0. The molecule has 7 nitrogen and oxygen atoms in total. The van der Waals surface area contributed by atoms with Gasteiger partial charge in [-0.25, -0.2) is 0 Å². The number of nitrogens with one attached hydrogen (secondary N) is 3. The highest BCUT2D eigenvalue weighted by atomic mass is 16.6. The van der Waals surface area contributed by atoms with Crippen LogP contribution in [0.2, 0.25) is 0 Å². The lowest BCUT2D eigenvalue weighted by atomic mass is 9.92. The molecule has 196 valence electrons. The molecule has 3 unspecified atom stereocenters. The zero-order valence-corrected chi connectivity index (χ0v) is 22.0. The van der Waals surface area contributed by atoms with Gasteiger partial charge >= 0.3 is 0 Å². The standard InChI is InChI=1S/C30H37N3O4/c1-5-19(2)20(3)28(35)33-26(16-22-17-31-24-14-10-9-13-23(22)24)29(36)32-25(27(34)30(4)18-37-30)15-21-11-7-6-8-12-21/h6-14,17,19-20,25-26,31H,5,15-16,18H2,1-4H3,(H,32,36)(H,33,35)/t19?,20-,25?,26+,30?/m1/s1. The molecular weight excluding hydrogens is 466 g/mol. The Morgan fingerprint density at radius 3 is 2.27 bits per heavy atom. The van der Waals surface area contributed by atoms with Gasteiger partial charge in [0.05, 0.1) is 12.6 Å². The Kier molecular flexibility index (Phi) is 8.13. The number of para-hydroxylation sites is 1. The molecule has 1 aromatic heterocycles. The third kappa shape index (κ3) is 6.28. The molecule has 7 heteroatoms. The van der Waals surface area contributed by atoms with Gasteiger partial charge in [0.15, 0.2) is 5.78 Å². The van der Waals surface area contributed by atoms with E-state index in [0.29, 0.717) is 19.4 Å². The first-order valence-electron chi connectivity index (χ1n) is 13.1. The summed E-state index contributed by atoms with van der Waals surface area (Å²) in [6.45, 7) is 8.05. The number of hydrogen-bond donors (Lipinski definition) is 3. The first-order chi connectivity index (χ1) is 17.7. The van der Waals surface area contributed by atoms with Crippen LogP contribution in [-0.2, 0) is 32.0 Å². The lowest BCUT2D eigenvalue weighted by Crippen LogP contribution is -2.55. The number of benzene rings is 2. The molecule has 37 heavy (non-hydrogen) atoms. The zero-order chi connectivity index (χ0) is 26.6. The molecule has 0 radical (unpaired) electrons. The maximum absolute atomic E-state index is 13.7. The highest BCUT2D eigenvalue weighted by Gasteiger charge is 2.50. The van der Waals surface area contributed by atoms with E-state index in [1.165, 1.54) is 0 Å². The van der Waals surface area contributed by atoms with E-state index >= 15 is 0 Å².